The van der Waals surface area contributed by atoms with Gasteiger partial charge >= 0.3 is 0 Å². The molecule has 0 atom stereocenters. The number of halogens is 1. The summed E-state index contributed by atoms with van der Waals surface area (Å²) in [6, 6.07) is 7.08. The lowest BCUT2D eigenvalue weighted by atomic mass is 9.92. The molecular formula is C12H14ClN3O. The standard InChI is InChI=1S/C12H14ClN3O/c1-12(2,11(15)17)7-16-10-8(6-14)4-3-5-9(10)13/h3-5,16H,7H2,1-2H3,(H2,15,17). The lowest BCUT2D eigenvalue weighted by Crippen LogP contribution is -2.37. The summed E-state index contributed by atoms with van der Waals surface area (Å²) < 4.78 is 0. The Hall–Kier alpha value is -1.73. The molecule has 1 aromatic rings. The molecule has 90 valence electrons. The minimum Gasteiger partial charge on any atom is -0.382 e. The molecule has 0 saturated heterocycles. The van der Waals surface area contributed by atoms with Gasteiger partial charge in [-0.2, -0.15) is 5.26 Å². The number of anilines is 1. The molecule has 0 heterocycles. The van der Waals surface area contributed by atoms with Crippen molar-refractivity contribution < 1.29 is 4.79 Å². The molecule has 0 unspecified atom stereocenters. The number of nitriles is 1. The van der Waals surface area contributed by atoms with E-state index in [1.165, 1.54) is 0 Å². The fourth-order valence-corrected chi connectivity index (χ4v) is 1.43. The zero-order valence-electron chi connectivity index (χ0n) is 9.75. The molecule has 0 aliphatic carbocycles. The van der Waals surface area contributed by atoms with Crippen molar-refractivity contribution in [2.75, 3.05) is 11.9 Å². The molecule has 1 aromatic carbocycles. The first-order chi connectivity index (χ1) is 7.88. The van der Waals surface area contributed by atoms with E-state index >= 15 is 0 Å². The average Bonchev–Trinajstić information content (AvgIpc) is 2.26. The van der Waals surface area contributed by atoms with Gasteiger partial charge in [0, 0.05) is 6.54 Å². The van der Waals surface area contributed by atoms with E-state index in [1.54, 1.807) is 32.0 Å². The summed E-state index contributed by atoms with van der Waals surface area (Å²) in [5.74, 6) is -0.407. The summed E-state index contributed by atoms with van der Waals surface area (Å²) in [5, 5.41) is 12.4. The topological polar surface area (TPSA) is 78.9 Å². The van der Waals surface area contributed by atoms with Crippen molar-refractivity contribution in [1.82, 2.24) is 0 Å². The molecule has 17 heavy (non-hydrogen) atoms. The van der Waals surface area contributed by atoms with Crippen molar-refractivity contribution in [2.24, 2.45) is 11.1 Å². The van der Waals surface area contributed by atoms with Crippen molar-refractivity contribution in [3.05, 3.63) is 28.8 Å². The van der Waals surface area contributed by atoms with Crippen LogP contribution >= 0.6 is 11.6 Å². The van der Waals surface area contributed by atoms with Gasteiger partial charge in [-0.1, -0.05) is 17.7 Å². The zero-order chi connectivity index (χ0) is 13.1. The molecule has 0 bridgehead atoms. The van der Waals surface area contributed by atoms with E-state index in [2.05, 4.69) is 5.32 Å². The molecule has 3 N–H and O–H groups in total. The summed E-state index contributed by atoms with van der Waals surface area (Å²) in [7, 11) is 0. The molecular weight excluding hydrogens is 238 g/mol. The number of hydrogen-bond donors (Lipinski definition) is 2. The Kier molecular flexibility index (Phi) is 3.97. The smallest absolute Gasteiger partial charge is 0.224 e. The number of carbonyl (C=O) groups is 1. The van der Waals surface area contributed by atoms with E-state index in [1.807, 2.05) is 6.07 Å². The number of nitrogens with one attached hydrogen (secondary N) is 1. The predicted octanol–water partition coefficient (Wildman–Crippen LogP) is 2.14. The highest BCUT2D eigenvalue weighted by Gasteiger charge is 2.25. The second kappa shape index (κ2) is 5.07. The second-order valence-electron chi connectivity index (χ2n) is 4.38. The SMILES string of the molecule is CC(C)(CNc1c(Cl)cccc1C#N)C(N)=O. The number of nitrogens with zero attached hydrogens (tertiary/aromatic N) is 1. The predicted molar refractivity (Wildman–Crippen MR) is 67.6 cm³/mol. The van der Waals surface area contributed by atoms with Crippen LogP contribution in [0.25, 0.3) is 0 Å². The van der Waals surface area contributed by atoms with E-state index in [0.29, 0.717) is 22.8 Å². The third kappa shape index (κ3) is 3.11. The Balaban J connectivity index is 2.91. The van der Waals surface area contributed by atoms with Crippen molar-refractivity contribution in [1.29, 1.82) is 5.26 Å². The van der Waals surface area contributed by atoms with Gasteiger partial charge in [0.15, 0.2) is 0 Å². The van der Waals surface area contributed by atoms with Gasteiger partial charge in [-0.15, -0.1) is 0 Å². The number of hydrogen-bond acceptors (Lipinski definition) is 3. The van der Waals surface area contributed by atoms with Gasteiger partial charge in [0.1, 0.15) is 6.07 Å². The van der Waals surface area contributed by atoms with Crippen LogP contribution < -0.4 is 11.1 Å². The highest BCUT2D eigenvalue weighted by molar-refractivity contribution is 6.33. The summed E-state index contributed by atoms with van der Waals surface area (Å²) in [4.78, 5) is 11.2. The third-order valence-corrected chi connectivity index (χ3v) is 2.82. The molecule has 0 fully saturated rings. The first-order valence-electron chi connectivity index (χ1n) is 5.11. The van der Waals surface area contributed by atoms with Gasteiger partial charge in [0.2, 0.25) is 5.91 Å². The van der Waals surface area contributed by atoms with E-state index in [9.17, 15) is 4.79 Å². The van der Waals surface area contributed by atoms with Crippen molar-refractivity contribution >= 4 is 23.2 Å². The normalized spacial score (nSPS) is 10.7. The Morgan fingerprint density at radius 2 is 2.24 bits per heavy atom. The van der Waals surface area contributed by atoms with E-state index in [0.717, 1.165) is 0 Å². The Bertz CT molecular complexity index is 477. The molecule has 1 rings (SSSR count). The first kappa shape index (κ1) is 13.3. The largest absolute Gasteiger partial charge is 0.382 e. The van der Waals surface area contributed by atoms with Gasteiger partial charge in [0.25, 0.3) is 0 Å². The lowest BCUT2D eigenvalue weighted by molar-refractivity contribution is -0.125. The summed E-state index contributed by atoms with van der Waals surface area (Å²) in [5.41, 5.74) is 5.54. The molecule has 0 aliphatic heterocycles. The van der Waals surface area contributed by atoms with Gasteiger partial charge in [0.05, 0.1) is 21.7 Å². The first-order valence-corrected chi connectivity index (χ1v) is 5.48. The fourth-order valence-electron chi connectivity index (χ4n) is 1.19. The van der Waals surface area contributed by atoms with Crippen LogP contribution in [0.1, 0.15) is 19.4 Å². The quantitative estimate of drug-likeness (QED) is 0.860. The number of primary amides is 1. The number of para-hydroxylation sites is 1. The monoisotopic (exact) mass is 251 g/mol. The van der Waals surface area contributed by atoms with Gasteiger partial charge in [-0.25, -0.2) is 0 Å². The maximum absolute atomic E-state index is 11.2. The van der Waals surface area contributed by atoms with Crippen LogP contribution in [0.15, 0.2) is 18.2 Å². The Morgan fingerprint density at radius 3 is 2.76 bits per heavy atom. The van der Waals surface area contributed by atoms with Crippen LogP contribution in [0.5, 0.6) is 0 Å². The van der Waals surface area contributed by atoms with Crippen molar-refractivity contribution in [3.63, 3.8) is 0 Å². The highest BCUT2D eigenvalue weighted by atomic mass is 35.5. The van der Waals surface area contributed by atoms with Gasteiger partial charge in [-0.05, 0) is 26.0 Å². The van der Waals surface area contributed by atoms with Gasteiger partial charge in [-0.3, -0.25) is 4.79 Å². The lowest BCUT2D eigenvalue weighted by Gasteiger charge is -2.22. The second-order valence-corrected chi connectivity index (χ2v) is 4.78. The number of nitrogens with two attached hydrogens (primary N) is 1. The van der Waals surface area contributed by atoms with E-state index < -0.39 is 11.3 Å². The van der Waals surface area contributed by atoms with Crippen LogP contribution in [0.3, 0.4) is 0 Å². The van der Waals surface area contributed by atoms with Crippen molar-refractivity contribution in [2.45, 2.75) is 13.8 Å². The van der Waals surface area contributed by atoms with Crippen LogP contribution in [0.2, 0.25) is 5.02 Å². The van der Waals surface area contributed by atoms with Crippen molar-refractivity contribution in [3.8, 4) is 6.07 Å². The number of amides is 1. The summed E-state index contributed by atoms with van der Waals surface area (Å²) >= 11 is 5.99. The maximum Gasteiger partial charge on any atom is 0.224 e. The van der Waals surface area contributed by atoms with Crippen LogP contribution in [-0.4, -0.2) is 12.5 Å². The molecule has 0 radical (unpaired) electrons. The molecule has 0 aromatic heterocycles. The number of benzene rings is 1. The maximum atomic E-state index is 11.2. The minimum atomic E-state index is -0.702. The average molecular weight is 252 g/mol. The molecule has 5 heteroatoms. The summed E-state index contributed by atoms with van der Waals surface area (Å²) in [6.07, 6.45) is 0. The fraction of sp³-hybridized carbons (Fsp3) is 0.333. The molecule has 0 saturated carbocycles. The van der Waals surface area contributed by atoms with Crippen LogP contribution in [0, 0.1) is 16.7 Å². The van der Waals surface area contributed by atoms with E-state index in [-0.39, 0.29) is 0 Å². The molecule has 4 nitrogen and oxygen atoms in total. The number of carbonyl (C=O) groups excluding carboxylic acids is 1. The van der Waals surface area contributed by atoms with Crippen LogP contribution in [-0.2, 0) is 4.79 Å². The van der Waals surface area contributed by atoms with Gasteiger partial charge < -0.3 is 11.1 Å². The van der Waals surface area contributed by atoms with Crippen LogP contribution in [0.4, 0.5) is 5.69 Å². The molecule has 1 amide bonds. The molecule has 0 spiro atoms. The summed E-state index contributed by atoms with van der Waals surface area (Å²) in [6.45, 7) is 3.77. The minimum absolute atomic E-state index is 0.320. The Morgan fingerprint density at radius 1 is 1.59 bits per heavy atom. The molecule has 0 aliphatic rings. The highest BCUT2D eigenvalue weighted by Crippen LogP contribution is 2.27. The zero-order valence-corrected chi connectivity index (χ0v) is 10.5. The Labute approximate surface area is 105 Å². The number of rotatable bonds is 4. The third-order valence-electron chi connectivity index (χ3n) is 2.51. The van der Waals surface area contributed by atoms with E-state index in [4.69, 9.17) is 22.6 Å².